The number of hydrogen-bond donors (Lipinski definition) is 2. The summed E-state index contributed by atoms with van der Waals surface area (Å²) >= 11 is 0. The predicted molar refractivity (Wildman–Crippen MR) is 68.0 cm³/mol. The highest BCUT2D eigenvalue weighted by atomic mass is 16.3. The van der Waals surface area contributed by atoms with Gasteiger partial charge in [-0.25, -0.2) is 0 Å². The first kappa shape index (κ1) is 12.2. The van der Waals surface area contributed by atoms with Crippen molar-refractivity contribution in [2.75, 3.05) is 5.73 Å². The van der Waals surface area contributed by atoms with E-state index in [0.717, 1.165) is 11.5 Å². The number of nitrogens with zero attached hydrogens (tertiary/aromatic N) is 1. The molecule has 0 unspecified atom stereocenters. The number of anilines is 1. The van der Waals surface area contributed by atoms with Gasteiger partial charge in [-0.15, -0.1) is 0 Å². The van der Waals surface area contributed by atoms with E-state index >= 15 is 0 Å². The predicted octanol–water partition coefficient (Wildman–Crippen LogP) is 1.80. The van der Waals surface area contributed by atoms with Gasteiger partial charge in [-0.05, 0) is 32.0 Å². The largest absolute Gasteiger partial charge is 0.465 e. The van der Waals surface area contributed by atoms with Crippen molar-refractivity contribution in [1.29, 1.82) is 0 Å². The number of amides is 1. The van der Waals surface area contributed by atoms with Crippen LogP contribution in [-0.2, 0) is 6.54 Å². The van der Waals surface area contributed by atoms with Crippen molar-refractivity contribution in [3.63, 3.8) is 0 Å². The van der Waals surface area contributed by atoms with E-state index in [0.29, 0.717) is 23.5 Å². The highest BCUT2D eigenvalue weighted by Crippen LogP contribution is 2.10. The van der Waals surface area contributed by atoms with Crippen molar-refractivity contribution in [1.82, 2.24) is 10.3 Å². The van der Waals surface area contributed by atoms with Gasteiger partial charge in [0.15, 0.2) is 0 Å². The lowest BCUT2D eigenvalue weighted by Crippen LogP contribution is -2.23. The number of carbonyl (C=O) groups excluding carboxylic acids is 1. The fourth-order valence-electron chi connectivity index (χ4n) is 1.62. The molecule has 0 fully saturated rings. The maximum atomic E-state index is 11.9. The number of carbonyl (C=O) groups is 1. The first-order valence-electron chi connectivity index (χ1n) is 5.62. The minimum atomic E-state index is -0.207. The summed E-state index contributed by atoms with van der Waals surface area (Å²) in [5.74, 6) is 1.33. The van der Waals surface area contributed by atoms with E-state index in [1.807, 2.05) is 19.1 Å². The van der Waals surface area contributed by atoms with Gasteiger partial charge in [0.1, 0.15) is 11.5 Å². The Balaban J connectivity index is 2.05. The summed E-state index contributed by atoms with van der Waals surface area (Å²) in [5.41, 5.74) is 7.22. The summed E-state index contributed by atoms with van der Waals surface area (Å²) in [7, 11) is 0. The normalized spacial score (nSPS) is 10.3. The Morgan fingerprint density at radius 1 is 1.44 bits per heavy atom. The lowest BCUT2D eigenvalue weighted by molar-refractivity contribution is 0.0947. The Morgan fingerprint density at radius 3 is 2.89 bits per heavy atom. The van der Waals surface area contributed by atoms with Crippen LogP contribution >= 0.6 is 0 Å². The minimum absolute atomic E-state index is 0.207. The van der Waals surface area contributed by atoms with Gasteiger partial charge in [-0.2, -0.15) is 0 Å². The Morgan fingerprint density at radius 2 is 2.22 bits per heavy atom. The van der Waals surface area contributed by atoms with E-state index < -0.39 is 0 Å². The van der Waals surface area contributed by atoms with Gasteiger partial charge in [0.25, 0.3) is 5.91 Å². The highest BCUT2D eigenvalue weighted by Gasteiger charge is 2.10. The molecule has 0 saturated heterocycles. The molecule has 18 heavy (non-hydrogen) atoms. The zero-order valence-electron chi connectivity index (χ0n) is 10.4. The highest BCUT2D eigenvalue weighted by molar-refractivity contribution is 5.95. The summed E-state index contributed by atoms with van der Waals surface area (Å²) in [4.78, 5) is 16.0. The van der Waals surface area contributed by atoms with Gasteiger partial charge in [0.2, 0.25) is 0 Å². The van der Waals surface area contributed by atoms with Gasteiger partial charge in [0, 0.05) is 0 Å². The molecule has 5 heteroatoms. The van der Waals surface area contributed by atoms with Crippen LogP contribution in [0.2, 0.25) is 0 Å². The van der Waals surface area contributed by atoms with Crippen molar-refractivity contribution < 1.29 is 9.21 Å². The van der Waals surface area contributed by atoms with E-state index in [2.05, 4.69) is 10.3 Å². The second kappa shape index (κ2) is 4.91. The Kier molecular flexibility index (Phi) is 3.32. The molecular weight excluding hydrogens is 230 g/mol. The monoisotopic (exact) mass is 245 g/mol. The molecule has 0 bridgehead atoms. The number of rotatable bonds is 3. The van der Waals surface area contributed by atoms with Crippen LogP contribution in [0.5, 0.6) is 0 Å². The molecule has 1 amide bonds. The molecule has 0 radical (unpaired) electrons. The average molecular weight is 245 g/mol. The quantitative estimate of drug-likeness (QED) is 0.864. The summed E-state index contributed by atoms with van der Waals surface area (Å²) in [6.45, 7) is 3.98. The molecule has 2 heterocycles. The Bertz CT molecular complexity index is 575. The van der Waals surface area contributed by atoms with Crippen LogP contribution in [0, 0.1) is 13.8 Å². The van der Waals surface area contributed by atoms with Crippen molar-refractivity contribution in [2.45, 2.75) is 20.4 Å². The number of nitrogens with two attached hydrogens (primary N) is 1. The van der Waals surface area contributed by atoms with Crippen LogP contribution in [0.1, 0.15) is 27.6 Å². The standard InChI is InChI=1S/C13H15N3O2/c1-8-3-4-11(18-8)7-16-13(17)12-5-10(14)6-15-9(12)2/h3-6H,7,14H2,1-2H3,(H,16,17). The second-order valence-corrected chi connectivity index (χ2v) is 4.10. The van der Waals surface area contributed by atoms with Crippen molar-refractivity contribution >= 4 is 11.6 Å². The van der Waals surface area contributed by atoms with Gasteiger partial charge < -0.3 is 15.5 Å². The van der Waals surface area contributed by atoms with Crippen LogP contribution in [0.4, 0.5) is 5.69 Å². The van der Waals surface area contributed by atoms with E-state index in [-0.39, 0.29) is 5.91 Å². The van der Waals surface area contributed by atoms with Gasteiger partial charge in [-0.1, -0.05) is 0 Å². The smallest absolute Gasteiger partial charge is 0.253 e. The summed E-state index contributed by atoms with van der Waals surface area (Å²) in [6.07, 6.45) is 1.53. The molecule has 2 aromatic heterocycles. The molecule has 0 aromatic carbocycles. The van der Waals surface area contributed by atoms with Crippen LogP contribution in [0.15, 0.2) is 28.8 Å². The summed E-state index contributed by atoms with van der Waals surface area (Å²) in [6, 6.07) is 5.31. The summed E-state index contributed by atoms with van der Waals surface area (Å²) in [5, 5.41) is 2.77. The molecule has 0 saturated carbocycles. The minimum Gasteiger partial charge on any atom is -0.465 e. The lowest BCUT2D eigenvalue weighted by atomic mass is 10.2. The van der Waals surface area contributed by atoms with Crippen LogP contribution in [0.25, 0.3) is 0 Å². The molecule has 3 N–H and O–H groups in total. The van der Waals surface area contributed by atoms with Crippen LogP contribution in [0.3, 0.4) is 0 Å². The average Bonchev–Trinajstić information content (AvgIpc) is 2.75. The zero-order valence-corrected chi connectivity index (χ0v) is 10.4. The first-order valence-corrected chi connectivity index (χ1v) is 5.62. The number of nitrogens with one attached hydrogen (secondary N) is 1. The molecule has 5 nitrogen and oxygen atoms in total. The fraction of sp³-hybridized carbons (Fsp3) is 0.231. The number of nitrogen functional groups attached to an aromatic ring is 1. The third-order valence-corrected chi connectivity index (χ3v) is 2.57. The topological polar surface area (TPSA) is 81.2 Å². The zero-order chi connectivity index (χ0) is 13.1. The number of aromatic nitrogens is 1. The number of aryl methyl sites for hydroxylation is 2. The van der Waals surface area contributed by atoms with E-state index in [1.165, 1.54) is 6.20 Å². The second-order valence-electron chi connectivity index (χ2n) is 4.10. The lowest BCUT2D eigenvalue weighted by Gasteiger charge is -2.06. The molecule has 0 atom stereocenters. The SMILES string of the molecule is Cc1ccc(CNC(=O)c2cc(N)cnc2C)o1. The maximum absolute atomic E-state index is 11.9. The first-order chi connectivity index (χ1) is 8.56. The Labute approximate surface area is 105 Å². The molecule has 0 aliphatic heterocycles. The van der Waals surface area contributed by atoms with Gasteiger partial charge in [0.05, 0.1) is 29.7 Å². The van der Waals surface area contributed by atoms with Crippen LogP contribution < -0.4 is 11.1 Å². The van der Waals surface area contributed by atoms with E-state index in [1.54, 1.807) is 13.0 Å². The van der Waals surface area contributed by atoms with Crippen molar-refractivity contribution in [2.24, 2.45) is 0 Å². The molecule has 0 aliphatic rings. The molecule has 2 aromatic rings. The molecule has 0 spiro atoms. The summed E-state index contributed by atoms with van der Waals surface area (Å²) < 4.78 is 5.37. The number of pyridine rings is 1. The number of furan rings is 1. The number of hydrogen-bond acceptors (Lipinski definition) is 4. The maximum Gasteiger partial charge on any atom is 0.253 e. The Hall–Kier alpha value is -2.30. The molecule has 0 aliphatic carbocycles. The van der Waals surface area contributed by atoms with Crippen LogP contribution in [-0.4, -0.2) is 10.9 Å². The van der Waals surface area contributed by atoms with Gasteiger partial charge in [-0.3, -0.25) is 9.78 Å². The molecular formula is C13H15N3O2. The van der Waals surface area contributed by atoms with E-state index in [9.17, 15) is 4.79 Å². The third kappa shape index (κ3) is 2.68. The molecule has 94 valence electrons. The van der Waals surface area contributed by atoms with Crippen molar-refractivity contribution in [3.8, 4) is 0 Å². The van der Waals surface area contributed by atoms with Gasteiger partial charge >= 0.3 is 0 Å². The fourth-order valence-corrected chi connectivity index (χ4v) is 1.62. The van der Waals surface area contributed by atoms with Crippen molar-refractivity contribution in [3.05, 3.63) is 47.2 Å². The third-order valence-electron chi connectivity index (χ3n) is 2.57. The molecule has 2 rings (SSSR count). The van der Waals surface area contributed by atoms with E-state index in [4.69, 9.17) is 10.2 Å².